The van der Waals surface area contributed by atoms with E-state index in [2.05, 4.69) is 5.32 Å². The second kappa shape index (κ2) is 10.1. The molecule has 0 saturated carbocycles. The Morgan fingerprint density at radius 2 is 1.81 bits per heavy atom. The zero-order chi connectivity index (χ0) is 25.4. The van der Waals surface area contributed by atoms with Gasteiger partial charge in [-0.05, 0) is 80.0 Å². The summed E-state index contributed by atoms with van der Waals surface area (Å²) in [7, 11) is 0. The van der Waals surface area contributed by atoms with E-state index in [0.29, 0.717) is 20.9 Å². The summed E-state index contributed by atoms with van der Waals surface area (Å²) in [6, 6.07) is 12.9. The van der Waals surface area contributed by atoms with E-state index in [4.69, 9.17) is 11.6 Å². The number of fused-ring (bicyclic) bond motifs is 3. The van der Waals surface area contributed by atoms with E-state index >= 15 is 0 Å². The van der Waals surface area contributed by atoms with Crippen molar-refractivity contribution in [1.82, 2.24) is 14.5 Å². The maximum absolute atomic E-state index is 13.8. The van der Waals surface area contributed by atoms with E-state index in [1.807, 2.05) is 44.2 Å². The summed E-state index contributed by atoms with van der Waals surface area (Å²) in [5, 5.41) is 4.03. The molecule has 36 heavy (non-hydrogen) atoms. The number of aryl methyl sites for hydroxylation is 4. The first-order valence-corrected chi connectivity index (χ1v) is 13.4. The molecule has 0 aliphatic heterocycles. The van der Waals surface area contributed by atoms with Gasteiger partial charge >= 0.3 is 5.69 Å². The molecule has 0 saturated heterocycles. The number of thiophene rings is 1. The molecule has 6 nitrogen and oxygen atoms in total. The molecule has 2 aromatic carbocycles. The number of hydrogen-bond acceptors (Lipinski definition) is 4. The predicted molar refractivity (Wildman–Crippen MR) is 146 cm³/mol. The van der Waals surface area contributed by atoms with E-state index in [1.165, 1.54) is 20.5 Å². The molecule has 0 unspecified atom stereocenters. The Morgan fingerprint density at radius 1 is 1.03 bits per heavy atom. The van der Waals surface area contributed by atoms with E-state index in [-0.39, 0.29) is 24.6 Å². The molecule has 5 rings (SSSR count). The van der Waals surface area contributed by atoms with Crippen molar-refractivity contribution in [2.75, 3.05) is 0 Å². The molecule has 2 aromatic heterocycles. The minimum Gasteiger partial charge on any atom is -0.350 e. The van der Waals surface area contributed by atoms with Gasteiger partial charge in [-0.1, -0.05) is 42.3 Å². The second-order valence-electron chi connectivity index (χ2n) is 9.39. The largest absolute Gasteiger partial charge is 0.350 e. The van der Waals surface area contributed by atoms with Crippen molar-refractivity contribution in [3.05, 3.63) is 95.5 Å². The first-order chi connectivity index (χ1) is 17.3. The molecular weight excluding hydrogens is 494 g/mol. The van der Waals surface area contributed by atoms with Crippen LogP contribution in [0.4, 0.5) is 0 Å². The smallest absolute Gasteiger partial charge is 0.337 e. The lowest BCUT2D eigenvalue weighted by molar-refractivity contribution is -0.121. The fraction of sp³-hybridized carbons (Fsp3) is 0.321. The number of carbonyl (C=O) groups is 1. The van der Waals surface area contributed by atoms with Gasteiger partial charge in [0.1, 0.15) is 11.4 Å². The number of hydrogen-bond donors (Lipinski definition) is 1. The van der Waals surface area contributed by atoms with Crippen LogP contribution in [0.25, 0.3) is 15.9 Å². The lowest BCUT2D eigenvalue weighted by Gasteiger charge is -2.14. The Labute approximate surface area is 218 Å². The van der Waals surface area contributed by atoms with Crippen LogP contribution in [-0.2, 0) is 30.7 Å². The quantitative estimate of drug-likeness (QED) is 0.373. The first-order valence-electron chi connectivity index (χ1n) is 12.2. The van der Waals surface area contributed by atoms with E-state index in [1.54, 1.807) is 12.1 Å². The van der Waals surface area contributed by atoms with Crippen LogP contribution in [0.3, 0.4) is 0 Å². The van der Waals surface area contributed by atoms with Crippen molar-refractivity contribution in [3.63, 3.8) is 0 Å². The number of amides is 1. The monoisotopic (exact) mass is 521 g/mol. The van der Waals surface area contributed by atoms with Crippen LogP contribution >= 0.6 is 22.9 Å². The van der Waals surface area contributed by atoms with Crippen molar-refractivity contribution in [2.24, 2.45) is 0 Å². The Hall–Kier alpha value is -3.16. The van der Waals surface area contributed by atoms with Gasteiger partial charge in [0.05, 0.1) is 11.1 Å². The van der Waals surface area contributed by atoms with Crippen molar-refractivity contribution < 1.29 is 4.79 Å². The van der Waals surface area contributed by atoms with Gasteiger partial charge in [0, 0.05) is 16.4 Å². The number of rotatable bonds is 5. The number of nitrogens with zero attached hydrogens (tertiary/aromatic N) is 2. The fourth-order valence-electron chi connectivity index (χ4n) is 4.81. The van der Waals surface area contributed by atoms with Gasteiger partial charge in [0.25, 0.3) is 5.56 Å². The minimum atomic E-state index is -0.500. The van der Waals surface area contributed by atoms with Crippen molar-refractivity contribution in [1.29, 1.82) is 0 Å². The minimum absolute atomic E-state index is 0.176. The van der Waals surface area contributed by atoms with Gasteiger partial charge < -0.3 is 5.32 Å². The standard InChI is InChI=1S/C28H28ClN3O3S/c1-17-12-13-20(14-18(17)2)32-26(34)25-21-9-4-3-5-11-23(21)36-27(25)31(28(32)35)16-24(33)30-15-19-8-6-7-10-22(19)29/h6-8,10,12-14H,3-5,9,11,15-16H2,1-2H3,(H,30,33). The predicted octanol–water partition coefficient (Wildman–Crippen LogP) is 5.07. The molecule has 1 aliphatic carbocycles. The van der Waals surface area contributed by atoms with Gasteiger partial charge in [-0.2, -0.15) is 0 Å². The van der Waals surface area contributed by atoms with Crippen molar-refractivity contribution >= 4 is 39.1 Å². The van der Waals surface area contributed by atoms with Gasteiger partial charge in [-0.3, -0.25) is 14.2 Å². The van der Waals surface area contributed by atoms with Gasteiger partial charge in [-0.25, -0.2) is 9.36 Å². The molecular formula is C28H28ClN3O3S. The third-order valence-electron chi connectivity index (χ3n) is 6.97. The average molecular weight is 522 g/mol. The fourth-order valence-corrected chi connectivity index (χ4v) is 6.39. The summed E-state index contributed by atoms with van der Waals surface area (Å²) in [5.41, 5.74) is 3.64. The summed E-state index contributed by atoms with van der Waals surface area (Å²) in [6.07, 6.45) is 4.91. The highest BCUT2D eigenvalue weighted by molar-refractivity contribution is 7.18. The normalized spacial score (nSPS) is 13.4. The Morgan fingerprint density at radius 3 is 2.58 bits per heavy atom. The van der Waals surface area contributed by atoms with Gasteiger partial charge in [0.15, 0.2) is 0 Å². The lowest BCUT2D eigenvalue weighted by atomic mass is 10.1. The highest BCUT2D eigenvalue weighted by atomic mass is 35.5. The first kappa shape index (κ1) is 24.5. The highest BCUT2D eigenvalue weighted by Crippen LogP contribution is 2.33. The third kappa shape index (κ3) is 4.53. The Balaban J connectivity index is 1.63. The highest BCUT2D eigenvalue weighted by Gasteiger charge is 2.24. The summed E-state index contributed by atoms with van der Waals surface area (Å²) in [4.78, 5) is 42.4. The molecule has 8 heteroatoms. The third-order valence-corrected chi connectivity index (χ3v) is 8.65. The number of carbonyl (C=O) groups excluding carboxylic acids is 1. The van der Waals surface area contributed by atoms with Crippen LogP contribution in [0.5, 0.6) is 0 Å². The van der Waals surface area contributed by atoms with E-state index in [9.17, 15) is 14.4 Å². The Bertz CT molecular complexity index is 1600. The van der Waals surface area contributed by atoms with Crippen LogP contribution in [0.2, 0.25) is 5.02 Å². The van der Waals surface area contributed by atoms with Crippen molar-refractivity contribution in [2.45, 2.75) is 59.0 Å². The molecule has 1 aliphatic rings. The Kier molecular flexibility index (Phi) is 6.86. The molecule has 186 valence electrons. The summed E-state index contributed by atoms with van der Waals surface area (Å²) in [6.45, 7) is 4.03. The van der Waals surface area contributed by atoms with Gasteiger partial charge in [-0.15, -0.1) is 11.3 Å². The van der Waals surface area contributed by atoms with Gasteiger partial charge in [0.2, 0.25) is 5.91 Å². The van der Waals surface area contributed by atoms with Crippen LogP contribution in [-0.4, -0.2) is 15.0 Å². The van der Waals surface area contributed by atoms with Crippen molar-refractivity contribution in [3.8, 4) is 5.69 Å². The summed E-state index contributed by atoms with van der Waals surface area (Å²) in [5.74, 6) is -0.313. The number of benzene rings is 2. The van der Waals surface area contributed by atoms with E-state index in [0.717, 1.165) is 59.2 Å². The molecule has 1 amide bonds. The summed E-state index contributed by atoms with van der Waals surface area (Å²) < 4.78 is 2.70. The lowest BCUT2D eigenvalue weighted by Crippen LogP contribution is -2.41. The molecule has 4 aromatic rings. The SMILES string of the molecule is Cc1ccc(-n2c(=O)c3c4c(sc3n(CC(=O)NCc3ccccc3Cl)c2=O)CCCCC4)cc1C. The molecule has 2 heterocycles. The second-order valence-corrected chi connectivity index (χ2v) is 10.9. The number of halogens is 1. The van der Waals surface area contributed by atoms with Crippen LogP contribution in [0.1, 0.15) is 46.4 Å². The zero-order valence-corrected chi connectivity index (χ0v) is 22.0. The van der Waals surface area contributed by atoms with Crippen LogP contribution < -0.4 is 16.6 Å². The molecule has 0 spiro atoms. The molecule has 0 fully saturated rings. The molecule has 0 atom stereocenters. The summed E-state index contributed by atoms with van der Waals surface area (Å²) >= 11 is 7.71. The van der Waals surface area contributed by atoms with Crippen LogP contribution in [0.15, 0.2) is 52.1 Å². The topological polar surface area (TPSA) is 73.1 Å². The van der Waals surface area contributed by atoms with Crippen LogP contribution in [0, 0.1) is 13.8 Å². The molecule has 1 N–H and O–H groups in total. The van der Waals surface area contributed by atoms with E-state index < -0.39 is 5.69 Å². The number of nitrogens with one attached hydrogen (secondary N) is 1. The number of aromatic nitrogens is 2. The molecule has 0 radical (unpaired) electrons. The maximum Gasteiger partial charge on any atom is 0.337 e. The zero-order valence-electron chi connectivity index (χ0n) is 20.4. The average Bonchev–Trinajstić information content (AvgIpc) is 3.06. The maximum atomic E-state index is 13.8. The molecule has 0 bridgehead atoms.